The number of nitrogens with zero attached hydrogens (tertiary/aromatic N) is 2. The summed E-state index contributed by atoms with van der Waals surface area (Å²) in [7, 11) is -0.989. The number of benzene rings is 1. The average molecular weight is 390 g/mol. The maximum atomic E-state index is 12.3. The van der Waals surface area contributed by atoms with E-state index >= 15 is 0 Å². The molecule has 148 valence electrons. The Bertz CT molecular complexity index is 850. The molecule has 0 radical (unpaired) electrons. The molecule has 0 aromatic heterocycles. The number of rotatable bonds is 4. The lowest BCUT2D eigenvalue weighted by atomic mass is 9.77. The second-order valence-corrected chi connectivity index (χ2v) is 7.58. The van der Waals surface area contributed by atoms with Crippen molar-refractivity contribution in [2.75, 3.05) is 0 Å². The molecule has 0 bridgehead atoms. The van der Waals surface area contributed by atoms with Gasteiger partial charge in [-0.3, -0.25) is 19.7 Å². The topological polar surface area (TPSA) is 125 Å². The monoisotopic (exact) mass is 390 g/mol. The summed E-state index contributed by atoms with van der Waals surface area (Å²) in [5.41, 5.74) is -1.82. The largest absolute Gasteiger partial charge is 0.501 e. The molecule has 0 aliphatic carbocycles. The molecule has 3 rings (SSSR count). The zero-order valence-corrected chi connectivity index (χ0v) is 15.9. The molecule has 0 unspecified atom stereocenters. The summed E-state index contributed by atoms with van der Waals surface area (Å²) in [6, 6.07) is 3.64. The summed E-state index contributed by atoms with van der Waals surface area (Å²) in [4.78, 5) is 51.1. The van der Waals surface area contributed by atoms with Gasteiger partial charge in [-0.2, -0.15) is 0 Å². The van der Waals surface area contributed by atoms with Gasteiger partial charge in [-0.15, -0.1) is 5.06 Å². The van der Waals surface area contributed by atoms with E-state index in [2.05, 4.69) is 0 Å². The number of hydrogen-bond donors (Lipinski definition) is 0. The van der Waals surface area contributed by atoms with Gasteiger partial charge in [0, 0.05) is 18.9 Å². The highest BCUT2D eigenvalue weighted by molar-refractivity contribution is 6.63. The van der Waals surface area contributed by atoms with Crippen LogP contribution in [0, 0.1) is 10.1 Å². The van der Waals surface area contributed by atoms with Crippen LogP contribution in [0.15, 0.2) is 18.2 Å². The fourth-order valence-electron chi connectivity index (χ4n) is 2.79. The molecular weight excluding hydrogens is 371 g/mol. The molecule has 2 amide bonds. The van der Waals surface area contributed by atoms with E-state index in [9.17, 15) is 24.5 Å². The molecule has 2 aliphatic heterocycles. The average Bonchev–Trinajstić information content (AvgIpc) is 3.03. The number of carbonyl (C=O) groups excluding carboxylic acids is 3. The normalized spacial score (nSPS) is 20.6. The van der Waals surface area contributed by atoms with Gasteiger partial charge in [0.15, 0.2) is 0 Å². The maximum Gasteiger partial charge on any atom is 0.501 e. The van der Waals surface area contributed by atoms with Crippen molar-refractivity contribution in [3.8, 4) is 0 Å². The SMILES string of the molecule is CC1(C)OB(c2ccc(C(=O)ON3C(=O)CCC3=O)cc2[N+](=O)[O-])OC1(C)C. The molecule has 11 heteroatoms. The first-order valence-corrected chi connectivity index (χ1v) is 8.65. The molecule has 0 N–H and O–H groups in total. The van der Waals surface area contributed by atoms with Gasteiger partial charge in [0.05, 0.1) is 27.2 Å². The molecule has 2 fully saturated rings. The van der Waals surface area contributed by atoms with Gasteiger partial charge in [0.25, 0.3) is 17.5 Å². The quantitative estimate of drug-likeness (QED) is 0.324. The van der Waals surface area contributed by atoms with Gasteiger partial charge in [-0.1, -0.05) is 6.07 Å². The van der Waals surface area contributed by atoms with Crippen molar-refractivity contribution >= 4 is 36.1 Å². The lowest BCUT2D eigenvalue weighted by molar-refractivity contribution is -0.383. The first-order valence-electron chi connectivity index (χ1n) is 8.65. The van der Waals surface area contributed by atoms with Crippen LogP contribution in [0.4, 0.5) is 5.69 Å². The van der Waals surface area contributed by atoms with E-state index in [-0.39, 0.29) is 23.9 Å². The predicted molar refractivity (Wildman–Crippen MR) is 95.3 cm³/mol. The fraction of sp³-hybridized carbons (Fsp3) is 0.471. The Morgan fingerprint density at radius 2 is 1.68 bits per heavy atom. The van der Waals surface area contributed by atoms with Crippen LogP contribution in [0.2, 0.25) is 0 Å². The highest BCUT2D eigenvalue weighted by atomic mass is 16.7. The smallest absolute Gasteiger partial charge is 0.399 e. The summed E-state index contributed by atoms with van der Waals surface area (Å²) in [6.45, 7) is 7.26. The van der Waals surface area contributed by atoms with Gasteiger partial charge in [0.1, 0.15) is 0 Å². The third kappa shape index (κ3) is 3.38. The second kappa shape index (κ2) is 6.68. The molecular formula is C17H19BN2O8. The van der Waals surface area contributed by atoms with E-state index in [1.165, 1.54) is 12.1 Å². The van der Waals surface area contributed by atoms with Crippen LogP contribution in [-0.2, 0) is 23.7 Å². The van der Waals surface area contributed by atoms with Crippen molar-refractivity contribution in [1.82, 2.24) is 5.06 Å². The summed E-state index contributed by atoms with van der Waals surface area (Å²) >= 11 is 0. The molecule has 2 aliphatic rings. The van der Waals surface area contributed by atoms with Crippen LogP contribution in [0.3, 0.4) is 0 Å². The van der Waals surface area contributed by atoms with Crippen molar-refractivity contribution in [2.45, 2.75) is 51.7 Å². The summed E-state index contributed by atoms with van der Waals surface area (Å²) in [6.07, 6.45) is -0.0970. The Morgan fingerprint density at radius 1 is 1.14 bits per heavy atom. The lowest BCUT2D eigenvalue weighted by Crippen LogP contribution is -2.41. The lowest BCUT2D eigenvalue weighted by Gasteiger charge is -2.32. The van der Waals surface area contributed by atoms with Crippen LogP contribution < -0.4 is 5.46 Å². The minimum absolute atomic E-state index is 0.0485. The standard InChI is InChI=1S/C17H19BN2O8/c1-16(2)17(3,4)28-18(27-16)11-6-5-10(9-12(11)20(24)25)15(23)26-19-13(21)7-8-14(19)22/h5-6,9H,7-8H2,1-4H3. The Labute approximate surface area is 161 Å². The Hall–Kier alpha value is -2.79. The zero-order chi connectivity index (χ0) is 20.9. The molecule has 1 aromatic rings. The first-order chi connectivity index (χ1) is 12.9. The Kier molecular flexibility index (Phi) is 4.76. The van der Waals surface area contributed by atoms with Crippen molar-refractivity contribution < 1.29 is 33.5 Å². The van der Waals surface area contributed by atoms with Crippen LogP contribution in [0.25, 0.3) is 0 Å². The van der Waals surface area contributed by atoms with Crippen molar-refractivity contribution in [3.63, 3.8) is 0 Å². The van der Waals surface area contributed by atoms with E-state index in [4.69, 9.17) is 14.1 Å². The van der Waals surface area contributed by atoms with E-state index in [1.54, 1.807) is 0 Å². The molecule has 0 saturated carbocycles. The van der Waals surface area contributed by atoms with Gasteiger partial charge in [-0.25, -0.2) is 4.79 Å². The summed E-state index contributed by atoms with van der Waals surface area (Å²) < 4.78 is 11.7. The molecule has 0 atom stereocenters. The van der Waals surface area contributed by atoms with Gasteiger partial charge in [-0.05, 0) is 33.8 Å². The number of hydrogen-bond acceptors (Lipinski definition) is 8. The van der Waals surface area contributed by atoms with Crippen molar-refractivity contribution in [1.29, 1.82) is 0 Å². The molecule has 2 saturated heterocycles. The minimum Gasteiger partial charge on any atom is -0.399 e. The molecule has 10 nitrogen and oxygen atoms in total. The molecule has 1 aromatic carbocycles. The molecule has 28 heavy (non-hydrogen) atoms. The number of nitro groups is 1. The van der Waals surface area contributed by atoms with Gasteiger partial charge < -0.3 is 14.1 Å². The number of imide groups is 1. The van der Waals surface area contributed by atoms with Crippen molar-refractivity contribution in [3.05, 3.63) is 33.9 Å². The van der Waals surface area contributed by atoms with Crippen molar-refractivity contribution in [2.24, 2.45) is 0 Å². The third-order valence-corrected chi connectivity index (χ3v) is 5.15. The minimum atomic E-state index is -1.05. The van der Waals surface area contributed by atoms with Crippen LogP contribution >= 0.6 is 0 Å². The number of carbonyl (C=O) groups is 3. The predicted octanol–water partition coefficient (Wildman–Crippen LogP) is 1.11. The maximum absolute atomic E-state index is 12.3. The number of hydroxylamine groups is 2. The van der Waals surface area contributed by atoms with E-state index in [1.807, 2.05) is 27.7 Å². The third-order valence-electron chi connectivity index (χ3n) is 5.15. The van der Waals surface area contributed by atoms with Gasteiger partial charge >= 0.3 is 13.1 Å². The Balaban J connectivity index is 1.88. The van der Waals surface area contributed by atoms with E-state index < -0.39 is 46.7 Å². The second-order valence-electron chi connectivity index (χ2n) is 7.58. The first kappa shape index (κ1) is 20.0. The molecule has 2 heterocycles. The molecule has 0 spiro atoms. The fourth-order valence-corrected chi connectivity index (χ4v) is 2.79. The zero-order valence-electron chi connectivity index (χ0n) is 15.9. The van der Waals surface area contributed by atoms with E-state index in [0.29, 0.717) is 5.06 Å². The van der Waals surface area contributed by atoms with Crippen LogP contribution in [0.5, 0.6) is 0 Å². The van der Waals surface area contributed by atoms with Crippen LogP contribution in [-0.4, -0.2) is 46.1 Å². The number of nitro benzene ring substituents is 1. The van der Waals surface area contributed by atoms with Crippen LogP contribution in [0.1, 0.15) is 50.9 Å². The Morgan fingerprint density at radius 3 is 2.18 bits per heavy atom. The van der Waals surface area contributed by atoms with E-state index in [0.717, 1.165) is 6.07 Å². The summed E-state index contributed by atoms with van der Waals surface area (Å²) in [5.74, 6) is -2.32. The van der Waals surface area contributed by atoms with Gasteiger partial charge in [0.2, 0.25) is 0 Å². The number of amides is 2. The highest BCUT2D eigenvalue weighted by Crippen LogP contribution is 2.37. The highest BCUT2D eigenvalue weighted by Gasteiger charge is 2.53. The summed E-state index contributed by atoms with van der Waals surface area (Å²) in [5, 5.41) is 11.9.